The molecule has 1 N–H and O–H groups in total. The molecule has 3 nitrogen and oxygen atoms in total. The van der Waals surface area contributed by atoms with Gasteiger partial charge in [0.05, 0.1) is 7.11 Å². The van der Waals surface area contributed by atoms with Crippen LogP contribution in [0.5, 0.6) is 5.75 Å². The van der Waals surface area contributed by atoms with Crippen LogP contribution in [0.15, 0.2) is 6.07 Å². The number of benzene rings is 1. The molecule has 0 saturated heterocycles. The van der Waals surface area contributed by atoms with Crippen LogP contribution in [0.2, 0.25) is 5.02 Å². The molecular weight excluding hydrogens is 228 g/mol. The van der Waals surface area contributed by atoms with Crippen molar-refractivity contribution in [3.8, 4) is 5.75 Å². The second kappa shape index (κ2) is 5.21. The maximum absolute atomic E-state index is 10.6. The van der Waals surface area contributed by atoms with Crippen molar-refractivity contribution in [1.29, 1.82) is 0 Å². The molecule has 0 fully saturated rings. The average molecular weight is 243 g/mol. The lowest BCUT2D eigenvalue weighted by atomic mass is 10.00. The predicted molar refractivity (Wildman–Crippen MR) is 63.4 cm³/mol. The van der Waals surface area contributed by atoms with E-state index in [-0.39, 0.29) is 6.42 Å². The smallest absolute Gasteiger partial charge is 0.303 e. The first kappa shape index (κ1) is 12.8. The summed E-state index contributed by atoms with van der Waals surface area (Å²) in [6, 6.07) is 1.84. The van der Waals surface area contributed by atoms with Crippen LogP contribution in [-0.2, 0) is 11.2 Å². The monoisotopic (exact) mass is 242 g/mol. The van der Waals surface area contributed by atoms with Crippen molar-refractivity contribution < 1.29 is 14.6 Å². The Morgan fingerprint density at radius 3 is 2.62 bits per heavy atom. The summed E-state index contributed by atoms with van der Waals surface area (Å²) < 4.78 is 5.24. The summed E-state index contributed by atoms with van der Waals surface area (Å²) in [6.07, 6.45) is 0.515. The first-order chi connectivity index (χ1) is 7.47. The Hall–Kier alpha value is -1.22. The molecule has 0 bridgehead atoms. The Labute approximate surface area is 100.0 Å². The third kappa shape index (κ3) is 2.67. The van der Waals surface area contributed by atoms with E-state index in [4.69, 9.17) is 21.4 Å². The standard InChI is InChI=1S/C12H15ClO3/c1-7-6-10(16-3)9(4-5-11(14)15)8(2)12(7)13/h6H,4-5H2,1-3H3,(H,14,15). The van der Waals surface area contributed by atoms with Crippen LogP contribution >= 0.6 is 11.6 Å². The van der Waals surface area contributed by atoms with Gasteiger partial charge < -0.3 is 9.84 Å². The third-order valence-electron chi connectivity index (χ3n) is 2.58. The van der Waals surface area contributed by atoms with E-state index in [0.29, 0.717) is 17.2 Å². The van der Waals surface area contributed by atoms with Gasteiger partial charge in [-0.1, -0.05) is 11.6 Å². The molecule has 0 amide bonds. The highest BCUT2D eigenvalue weighted by Crippen LogP contribution is 2.32. The molecule has 1 aromatic carbocycles. The Balaban J connectivity index is 3.14. The zero-order valence-corrected chi connectivity index (χ0v) is 10.4. The zero-order valence-electron chi connectivity index (χ0n) is 9.63. The summed E-state index contributed by atoms with van der Waals surface area (Å²) in [5.41, 5.74) is 2.72. The Kier molecular flexibility index (Phi) is 4.19. The first-order valence-electron chi connectivity index (χ1n) is 5.01. The number of aryl methyl sites for hydroxylation is 1. The minimum atomic E-state index is -0.821. The molecule has 16 heavy (non-hydrogen) atoms. The number of hydrogen-bond donors (Lipinski definition) is 1. The molecule has 1 aromatic rings. The fourth-order valence-electron chi connectivity index (χ4n) is 1.68. The molecule has 0 radical (unpaired) electrons. The van der Waals surface area contributed by atoms with Crippen molar-refractivity contribution in [2.24, 2.45) is 0 Å². The van der Waals surface area contributed by atoms with E-state index >= 15 is 0 Å². The lowest BCUT2D eigenvalue weighted by Gasteiger charge is -2.14. The number of hydrogen-bond acceptors (Lipinski definition) is 2. The largest absolute Gasteiger partial charge is 0.496 e. The van der Waals surface area contributed by atoms with Gasteiger partial charge in [-0.3, -0.25) is 4.79 Å². The maximum atomic E-state index is 10.6. The molecule has 0 spiro atoms. The van der Waals surface area contributed by atoms with E-state index in [2.05, 4.69) is 0 Å². The number of rotatable bonds is 4. The van der Waals surface area contributed by atoms with Crippen molar-refractivity contribution in [3.05, 3.63) is 27.8 Å². The van der Waals surface area contributed by atoms with Gasteiger partial charge in [-0.05, 0) is 43.0 Å². The van der Waals surface area contributed by atoms with E-state index in [1.165, 1.54) is 0 Å². The van der Waals surface area contributed by atoms with Gasteiger partial charge in [-0.25, -0.2) is 0 Å². The summed E-state index contributed by atoms with van der Waals surface area (Å²) in [5.74, 6) is -0.112. The highest BCUT2D eigenvalue weighted by atomic mass is 35.5. The number of ether oxygens (including phenoxy) is 1. The van der Waals surface area contributed by atoms with Gasteiger partial charge in [-0.2, -0.15) is 0 Å². The summed E-state index contributed by atoms with van der Waals surface area (Å²) in [4.78, 5) is 10.6. The third-order valence-corrected chi connectivity index (χ3v) is 3.16. The van der Waals surface area contributed by atoms with Crippen LogP contribution in [-0.4, -0.2) is 18.2 Å². The van der Waals surface area contributed by atoms with Gasteiger partial charge in [0.15, 0.2) is 0 Å². The van der Waals surface area contributed by atoms with Gasteiger partial charge in [0.2, 0.25) is 0 Å². The fraction of sp³-hybridized carbons (Fsp3) is 0.417. The normalized spacial score (nSPS) is 10.2. The van der Waals surface area contributed by atoms with Crippen molar-refractivity contribution in [1.82, 2.24) is 0 Å². The number of carboxylic acids is 1. The van der Waals surface area contributed by atoms with E-state index < -0.39 is 5.97 Å². The second-order valence-corrected chi connectivity index (χ2v) is 4.08. The van der Waals surface area contributed by atoms with Gasteiger partial charge in [0.25, 0.3) is 0 Å². The average Bonchev–Trinajstić information content (AvgIpc) is 2.23. The van der Waals surface area contributed by atoms with Crippen molar-refractivity contribution in [2.75, 3.05) is 7.11 Å². The molecule has 0 aromatic heterocycles. The molecule has 0 atom stereocenters. The summed E-state index contributed by atoms with van der Waals surface area (Å²) >= 11 is 6.12. The lowest BCUT2D eigenvalue weighted by molar-refractivity contribution is -0.136. The highest BCUT2D eigenvalue weighted by molar-refractivity contribution is 6.32. The van der Waals surface area contributed by atoms with Gasteiger partial charge in [0, 0.05) is 11.4 Å². The van der Waals surface area contributed by atoms with E-state index in [0.717, 1.165) is 16.7 Å². The molecule has 0 heterocycles. The van der Waals surface area contributed by atoms with Gasteiger partial charge >= 0.3 is 5.97 Å². The number of halogens is 1. The molecule has 0 saturated carbocycles. The lowest BCUT2D eigenvalue weighted by Crippen LogP contribution is -2.02. The molecule has 4 heteroatoms. The van der Waals surface area contributed by atoms with Crippen molar-refractivity contribution in [2.45, 2.75) is 26.7 Å². The Bertz CT molecular complexity index is 413. The second-order valence-electron chi connectivity index (χ2n) is 3.71. The highest BCUT2D eigenvalue weighted by Gasteiger charge is 2.13. The summed E-state index contributed by atoms with van der Waals surface area (Å²) in [5, 5.41) is 9.36. The summed E-state index contributed by atoms with van der Waals surface area (Å²) in [7, 11) is 1.58. The van der Waals surface area contributed by atoms with Crippen LogP contribution in [0.1, 0.15) is 23.1 Å². The number of carboxylic acid groups (broad SMARTS) is 1. The number of methoxy groups -OCH3 is 1. The molecule has 0 aliphatic carbocycles. The fourth-order valence-corrected chi connectivity index (χ4v) is 1.85. The van der Waals surface area contributed by atoms with E-state index in [9.17, 15) is 4.79 Å². The predicted octanol–water partition coefficient (Wildman–Crippen LogP) is 2.98. The topological polar surface area (TPSA) is 46.5 Å². The number of carbonyl (C=O) groups is 1. The Morgan fingerprint density at radius 2 is 2.12 bits per heavy atom. The maximum Gasteiger partial charge on any atom is 0.303 e. The minimum absolute atomic E-state index is 0.0800. The SMILES string of the molecule is COc1cc(C)c(Cl)c(C)c1CCC(=O)O. The number of aliphatic carboxylic acids is 1. The molecule has 0 unspecified atom stereocenters. The van der Waals surface area contributed by atoms with E-state index in [1.807, 2.05) is 19.9 Å². The molecule has 88 valence electrons. The summed E-state index contributed by atoms with van der Waals surface area (Å²) in [6.45, 7) is 3.79. The minimum Gasteiger partial charge on any atom is -0.496 e. The van der Waals surface area contributed by atoms with Crippen molar-refractivity contribution in [3.63, 3.8) is 0 Å². The van der Waals surface area contributed by atoms with Crippen LogP contribution in [0.25, 0.3) is 0 Å². The Morgan fingerprint density at radius 1 is 1.50 bits per heavy atom. The van der Waals surface area contributed by atoms with Crippen LogP contribution in [0, 0.1) is 13.8 Å². The zero-order chi connectivity index (χ0) is 12.3. The molecule has 0 aliphatic rings. The van der Waals surface area contributed by atoms with Crippen LogP contribution in [0.4, 0.5) is 0 Å². The van der Waals surface area contributed by atoms with Crippen molar-refractivity contribution >= 4 is 17.6 Å². The molecular formula is C12H15ClO3. The molecule has 1 rings (SSSR count). The van der Waals surface area contributed by atoms with E-state index in [1.54, 1.807) is 7.11 Å². The quantitative estimate of drug-likeness (QED) is 0.883. The molecule has 0 aliphatic heterocycles. The van der Waals surface area contributed by atoms with Gasteiger partial charge in [-0.15, -0.1) is 0 Å². The van der Waals surface area contributed by atoms with Crippen LogP contribution in [0.3, 0.4) is 0 Å². The van der Waals surface area contributed by atoms with Crippen LogP contribution < -0.4 is 4.74 Å². The van der Waals surface area contributed by atoms with Gasteiger partial charge in [0.1, 0.15) is 5.75 Å². The first-order valence-corrected chi connectivity index (χ1v) is 5.39.